The molecule has 0 aliphatic rings. The molecule has 1 aromatic heterocycles. The molecule has 0 aliphatic carbocycles. The lowest BCUT2D eigenvalue weighted by atomic mass is 10.1. The van der Waals surface area contributed by atoms with Crippen molar-refractivity contribution >= 4 is 0 Å². The van der Waals surface area contributed by atoms with E-state index in [0.29, 0.717) is 0 Å². The van der Waals surface area contributed by atoms with Gasteiger partial charge in [-0.1, -0.05) is 13.8 Å². The van der Waals surface area contributed by atoms with Crippen LogP contribution in [0.1, 0.15) is 26.9 Å². The third kappa shape index (κ3) is 3.13. The summed E-state index contributed by atoms with van der Waals surface area (Å²) in [5, 5.41) is 8.39. The molecule has 0 amide bonds. The summed E-state index contributed by atoms with van der Waals surface area (Å²) >= 11 is 0. The summed E-state index contributed by atoms with van der Waals surface area (Å²) in [6.07, 6.45) is 3.24. The third-order valence-corrected chi connectivity index (χ3v) is 1.20. The summed E-state index contributed by atoms with van der Waals surface area (Å²) < 4.78 is 0. The topological polar surface area (TPSA) is 62.7 Å². The van der Waals surface area contributed by atoms with Gasteiger partial charge in [0.2, 0.25) is 0 Å². The minimum atomic E-state index is -0.525. The highest BCUT2D eigenvalue weighted by atomic mass is 14.6. The Kier molecular flexibility index (Phi) is 5.58. The number of nitrogens with zero attached hydrogens (tertiary/aromatic N) is 2. The minimum absolute atomic E-state index is 0. The van der Waals surface area contributed by atoms with Crippen molar-refractivity contribution < 1.29 is 1.43 Å². The second kappa shape index (κ2) is 6.32. The van der Waals surface area contributed by atoms with Gasteiger partial charge in [-0.2, -0.15) is 5.26 Å². The van der Waals surface area contributed by atoms with E-state index < -0.39 is 6.04 Å². The van der Waals surface area contributed by atoms with Crippen LogP contribution in [0.5, 0.6) is 0 Å². The first-order chi connectivity index (χ1) is 5.84. The minimum Gasteiger partial charge on any atom is -0.312 e. The molecule has 0 saturated carbocycles. The second-order valence-electron chi connectivity index (χ2n) is 1.89. The molecule has 0 fully saturated rings. The molecule has 0 radical (unpaired) electrons. The first-order valence-electron chi connectivity index (χ1n) is 3.89. The quantitative estimate of drug-likeness (QED) is 0.691. The fourth-order valence-corrected chi connectivity index (χ4v) is 0.645. The molecular formula is C9H15N3. The Balaban J connectivity index is 0. The summed E-state index contributed by atoms with van der Waals surface area (Å²) in [5.74, 6) is 0. The zero-order chi connectivity index (χ0) is 9.40. The van der Waals surface area contributed by atoms with E-state index in [4.69, 9.17) is 11.0 Å². The maximum Gasteiger partial charge on any atom is 0.118 e. The second-order valence-corrected chi connectivity index (χ2v) is 1.89. The molecule has 1 atom stereocenters. The maximum atomic E-state index is 8.39. The molecule has 3 nitrogen and oxygen atoms in total. The highest BCUT2D eigenvalue weighted by Gasteiger charge is 2.00. The molecule has 0 spiro atoms. The highest BCUT2D eigenvalue weighted by Crippen LogP contribution is 2.05. The average molecular weight is 165 g/mol. The first kappa shape index (κ1) is 10.6. The lowest BCUT2D eigenvalue weighted by Gasteiger charge is -1.98. The van der Waals surface area contributed by atoms with Gasteiger partial charge >= 0.3 is 0 Å². The molecule has 2 N–H and O–H groups in total. The number of hydrogen-bond donors (Lipinski definition) is 1. The monoisotopic (exact) mass is 165 g/mol. The van der Waals surface area contributed by atoms with Crippen molar-refractivity contribution in [2.75, 3.05) is 0 Å². The van der Waals surface area contributed by atoms with E-state index in [9.17, 15) is 0 Å². The van der Waals surface area contributed by atoms with E-state index in [0.717, 1.165) is 5.56 Å². The summed E-state index contributed by atoms with van der Waals surface area (Å²) in [7, 11) is 0. The molecule has 1 rings (SSSR count). The molecule has 0 saturated heterocycles. The van der Waals surface area contributed by atoms with Crippen LogP contribution in [0, 0.1) is 11.3 Å². The van der Waals surface area contributed by atoms with Crippen LogP contribution in [0.4, 0.5) is 0 Å². The van der Waals surface area contributed by atoms with Gasteiger partial charge in [-0.3, -0.25) is 4.98 Å². The van der Waals surface area contributed by atoms with Gasteiger partial charge in [0.05, 0.1) is 6.07 Å². The third-order valence-electron chi connectivity index (χ3n) is 1.20. The van der Waals surface area contributed by atoms with Gasteiger partial charge < -0.3 is 5.73 Å². The predicted molar refractivity (Wildman–Crippen MR) is 50.2 cm³/mol. The van der Waals surface area contributed by atoms with Crippen LogP contribution in [-0.4, -0.2) is 4.98 Å². The fourth-order valence-electron chi connectivity index (χ4n) is 0.645. The van der Waals surface area contributed by atoms with Crippen molar-refractivity contribution in [1.29, 1.82) is 5.26 Å². The Bertz CT molecular complexity index is 243. The van der Waals surface area contributed by atoms with Crippen molar-refractivity contribution in [1.82, 2.24) is 4.98 Å². The van der Waals surface area contributed by atoms with Gasteiger partial charge in [-0.05, 0) is 17.7 Å². The zero-order valence-corrected chi connectivity index (χ0v) is 7.36. The smallest absolute Gasteiger partial charge is 0.118 e. The standard InChI is InChI=1S/C7H7N3.C2H6.H2/c8-5-7(9)6-1-3-10-4-2-6;1-2;/h1-4,7H,9H2;1-2H3;1H. The molecule has 0 aliphatic heterocycles. The van der Waals surface area contributed by atoms with E-state index in [1.807, 2.05) is 19.9 Å². The lowest BCUT2D eigenvalue weighted by molar-refractivity contribution is 0.921. The number of hydrogen-bond acceptors (Lipinski definition) is 3. The van der Waals surface area contributed by atoms with Gasteiger partial charge in [-0.25, -0.2) is 0 Å². The molecule has 0 bridgehead atoms. The van der Waals surface area contributed by atoms with E-state index in [1.165, 1.54) is 0 Å². The van der Waals surface area contributed by atoms with Crippen LogP contribution >= 0.6 is 0 Å². The lowest BCUT2D eigenvalue weighted by Crippen LogP contribution is -2.06. The molecule has 3 heteroatoms. The van der Waals surface area contributed by atoms with Crippen molar-refractivity contribution in [3.8, 4) is 6.07 Å². The van der Waals surface area contributed by atoms with Crippen molar-refractivity contribution in [2.24, 2.45) is 5.73 Å². The Morgan fingerprint density at radius 2 is 2.00 bits per heavy atom. The zero-order valence-electron chi connectivity index (χ0n) is 7.36. The SMILES string of the molecule is CC.N#CC(N)c1ccncc1.[HH]. The number of nitriles is 1. The Morgan fingerprint density at radius 1 is 1.50 bits per heavy atom. The highest BCUT2D eigenvalue weighted by molar-refractivity contribution is 5.19. The Hall–Kier alpha value is -1.40. The van der Waals surface area contributed by atoms with Gasteiger partial charge in [0.25, 0.3) is 0 Å². The average Bonchev–Trinajstić information content (AvgIpc) is 2.21. The van der Waals surface area contributed by atoms with Crippen molar-refractivity contribution in [2.45, 2.75) is 19.9 Å². The van der Waals surface area contributed by atoms with Gasteiger partial charge in [0.15, 0.2) is 0 Å². The number of pyridine rings is 1. The normalized spacial score (nSPS) is 10.5. The van der Waals surface area contributed by atoms with Crippen LogP contribution in [0.25, 0.3) is 0 Å². The largest absolute Gasteiger partial charge is 0.312 e. The van der Waals surface area contributed by atoms with Crippen molar-refractivity contribution in [3.63, 3.8) is 0 Å². The summed E-state index contributed by atoms with van der Waals surface area (Å²) in [4.78, 5) is 3.80. The van der Waals surface area contributed by atoms with Crippen LogP contribution in [0.15, 0.2) is 24.5 Å². The Morgan fingerprint density at radius 3 is 2.42 bits per heavy atom. The van der Waals surface area contributed by atoms with E-state index in [2.05, 4.69) is 4.98 Å². The van der Waals surface area contributed by atoms with Crippen LogP contribution in [0.3, 0.4) is 0 Å². The number of nitrogens with two attached hydrogens (primary N) is 1. The fraction of sp³-hybridized carbons (Fsp3) is 0.333. The van der Waals surface area contributed by atoms with Crippen LogP contribution in [0.2, 0.25) is 0 Å². The van der Waals surface area contributed by atoms with Gasteiger partial charge in [0, 0.05) is 13.8 Å². The first-order valence-corrected chi connectivity index (χ1v) is 3.89. The molecular weight excluding hydrogens is 150 g/mol. The molecule has 0 aromatic carbocycles. The van der Waals surface area contributed by atoms with E-state index in [-0.39, 0.29) is 1.43 Å². The number of rotatable bonds is 1. The molecule has 1 heterocycles. The van der Waals surface area contributed by atoms with Gasteiger partial charge in [-0.15, -0.1) is 0 Å². The van der Waals surface area contributed by atoms with Crippen LogP contribution in [-0.2, 0) is 0 Å². The van der Waals surface area contributed by atoms with Crippen molar-refractivity contribution in [3.05, 3.63) is 30.1 Å². The molecule has 1 aromatic rings. The van der Waals surface area contributed by atoms with E-state index >= 15 is 0 Å². The van der Waals surface area contributed by atoms with Crippen LogP contribution < -0.4 is 5.73 Å². The van der Waals surface area contributed by atoms with E-state index in [1.54, 1.807) is 24.5 Å². The summed E-state index contributed by atoms with van der Waals surface area (Å²) in [6.45, 7) is 4.00. The van der Waals surface area contributed by atoms with Gasteiger partial charge in [0.1, 0.15) is 6.04 Å². The molecule has 1 unspecified atom stereocenters. The Labute approximate surface area is 74.3 Å². The molecule has 66 valence electrons. The summed E-state index contributed by atoms with van der Waals surface area (Å²) in [6, 6.07) is 4.87. The predicted octanol–water partition coefficient (Wildman–Crippen LogP) is 1.88. The molecule has 12 heavy (non-hydrogen) atoms. The number of aromatic nitrogens is 1. The maximum absolute atomic E-state index is 8.39. The summed E-state index contributed by atoms with van der Waals surface area (Å²) in [5.41, 5.74) is 6.21.